The third kappa shape index (κ3) is 3.93. The van der Waals surface area contributed by atoms with Crippen molar-refractivity contribution in [3.05, 3.63) is 23.0 Å². The van der Waals surface area contributed by atoms with Crippen molar-refractivity contribution in [2.75, 3.05) is 18.4 Å². The van der Waals surface area contributed by atoms with Gasteiger partial charge in [0.2, 0.25) is 5.91 Å². The molecule has 1 aliphatic rings. The topological polar surface area (TPSA) is 54.0 Å². The maximum Gasteiger partial charge on any atom is 0.224 e. The minimum absolute atomic E-state index is 0.0149. The SMILES string of the molecule is Cc1ccnc(Cl)c1NC(=O)CC(C)C1CCCNC1. The summed E-state index contributed by atoms with van der Waals surface area (Å²) in [4.78, 5) is 16.2. The number of piperidine rings is 1. The number of pyridine rings is 1. The Morgan fingerprint density at radius 3 is 3.10 bits per heavy atom. The second-order valence-electron chi connectivity index (χ2n) is 5.63. The number of nitrogens with one attached hydrogen (secondary N) is 2. The van der Waals surface area contributed by atoms with Crippen LogP contribution < -0.4 is 10.6 Å². The number of halogens is 1. The van der Waals surface area contributed by atoms with Crippen LogP contribution in [-0.4, -0.2) is 24.0 Å². The zero-order valence-corrected chi connectivity index (χ0v) is 12.8. The van der Waals surface area contributed by atoms with Gasteiger partial charge in [-0.05, 0) is 56.3 Å². The second kappa shape index (κ2) is 7.04. The fourth-order valence-corrected chi connectivity index (χ4v) is 2.94. The molecular formula is C15H22ClN3O. The smallest absolute Gasteiger partial charge is 0.224 e. The highest BCUT2D eigenvalue weighted by molar-refractivity contribution is 6.32. The van der Waals surface area contributed by atoms with Crippen molar-refractivity contribution in [2.45, 2.75) is 33.1 Å². The molecule has 1 fully saturated rings. The van der Waals surface area contributed by atoms with Crippen LogP contribution in [0.3, 0.4) is 0 Å². The number of aromatic nitrogens is 1. The number of hydrogen-bond donors (Lipinski definition) is 2. The minimum atomic E-state index is 0.0149. The molecule has 2 rings (SSSR count). The molecule has 2 atom stereocenters. The van der Waals surface area contributed by atoms with Crippen LogP contribution in [0.1, 0.15) is 31.7 Å². The summed E-state index contributed by atoms with van der Waals surface area (Å²) >= 11 is 6.02. The van der Waals surface area contributed by atoms with Crippen LogP contribution in [-0.2, 0) is 4.79 Å². The second-order valence-corrected chi connectivity index (χ2v) is 5.99. The number of anilines is 1. The molecule has 5 heteroatoms. The molecule has 2 N–H and O–H groups in total. The summed E-state index contributed by atoms with van der Waals surface area (Å²) in [5.74, 6) is 0.972. The lowest BCUT2D eigenvalue weighted by Crippen LogP contribution is -2.34. The summed E-state index contributed by atoms with van der Waals surface area (Å²) in [7, 11) is 0. The molecule has 110 valence electrons. The Balaban J connectivity index is 1.91. The number of aryl methyl sites for hydroxylation is 1. The van der Waals surface area contributed by atoms with Gasteiger partial charge in [0, 0.05) is 12.6 Å². The zero-order chi connectivity index (χ0) is 14.5. The molecule has 0 radical (unpaired) electrons. The van der Waals surface area contributed by atoms with Crippen molar-refractivity contribution < 1.29 is 4.79 Å². The number of amides is 1. The molecule has 4 nitrogen and oxygen atoms in total. The fraction of sp³-hybridized carbons (Fsp3) is 0.600. The van der Waals surface area contributed by atoms with Crippen molar-refractivity contribution in [1.29, 1.82) is 0 Å². The van der Waals surface area contributed by atoms with E-state index in [9.17, 15) is 4.79 Å². The molecule has 1 aromatic rings. The summed E-state index contributed by atoms with van der Waals surface area (Å²) in [6.45, 7) is 6.17. The van der Waals surface area contributed by atoms with Crippen molar-refractivity contribution in [2.24, 2.45) is 11.8 Å². The zero-order valence-electron chi connectivity index (χ0n) is 12.1. The number of hydrogen-bond acceptors (Lipinski definition) is 3. The normalized spacial score (nSPS) is 20.4. The van der Waals surface area contributed by atoms with Crippen LogP contribution in [0.2, 0.25) is 5.15 Å². The van der Waals surface area contributed by atoms with Crippen LogP contribution in [0.15, 0.2) is 12.3 Å². The first-order valence-corrected chi connectivity index (χ1v) is 7.57. The van der Waals surface area contributed by atoms with E-state index in [-0.39, 0.29) is 5.91 Å². The van der Waals surface area contributed by atoms with E-state index >= 15 is 0 Å². The highest BCUT2D eigenvalue weighted by atomic mass is 35.5. The maximum atomic E-state index is 12.2. The monoisotopic (exact) mass is 295 g/mol. The van der Waals surface area contributed by atoms with Gasteiger partial charge in [0.1, 0.15) is 0 Å². The van der Waals surface area contributed by atoms with Crippen LogP contribution in [0.4, 0.5) is 5.69 Å². The quantitative estimate of drug-likeness (QED) is 0.840. The van der Waals surface area contributed by atoms with E-state index in [1.807, 2.05) is 13.0 Å². The van der Waals surface area contributed by atoms with E-state index in [4.69, 9.17) is 11.6 Å². The first-order valence-electron chi connectivity index (χ1n) is 7.19. The molecule has 20 heavy (non-hydrogen) atoms. The van der Waals surface area contributed by atoms with Crippen molar-refractivity contribution in [3.8, 4) is 0 Å². The third-order valence-corrected chi connectivity index (χ3v) is 4.31. The van der Waals surface area contributed by atoms with E-state index < -0.39 is 0 Å². The van der Waals surface area contributed by atoms with E-state index in [1.54, 1.807) is 6.20 Å². The maximum absolute atomic E-state index is 12.2. The lowest BCUT2D eigenvalue weighted by Gasteiger charge is -2.28. The molecule has 0 spiro atoms. The molecule has 1 aromatic heterocycles. The van der Waals surface area contributed by atoms with Gasteiger partial charge >= 0.3 is 0 Å². The largest absolute Gasteiger partial charge is 0.323 e. The first kappa shape index (κ1) is 15.3. The average Bonchev–Trinajstić information content (AvgIpc) is 2.44. The summed E-state index contributed by atoms with van der Waals surface area (Å²) in [6.07, 6.45) is 4.57. The van der Waals surface area contributed by atoms with Crippen LogP contribution >= 0.6 is 11.6 Å². The molecule has 1 amide bonds. The Morgan fingerprint density at radius 1 is 1.65 bits per heavy atom. The molecule has 0 aromatic carbocycles. The Hall–Kier alpha value is -1.13. The lowest BCUT2D eigenvalue weighted by molar-refractivity contribution is -0.117. The Kier molecular flexibility index (Phi) is 5.38. The highest BCUT2D eigenvalue weighted by Gasteiger charge is 2.22. The predicted molar refractivity (Wildman–Crippen MR) is 82.0 cm³/mol. The third-order valence-electron chi connectivity index (χ3n) is 4.02. The van der Waals surface area contributed by atoms with Crippen molar-refractivity contribution >= 4 is 23.2 Å². The number of nitrogens with zero attached hydrogens (tertiary/aromatic N) is 1. The van der Waals surface area contributed by atoms with Gasteiger partial charge in [-0.2, -0.15) is 0 Å². The van der Waals surface area contributed by atoms with Crippen molar-refractivity contribution in [1.82, 2.24) is 10.3 Å². The molecule has 0 saturated carbocycles. The number of carbonyl (C=O) groups excluding carboxylic acids is 1. The Bertz CT molecular complexity index is 452. The first-order chi connectivity index (χ1) is 9.58. The van der Waals surface area contributed by atoms with E-state index in [0.717, 1.165) is 18.7 Å². The fourth-order valence-electron chi connectivity index (χ4n) is 2.69. The molecular weight excluding hydrogens is 274 g/mol. The predicted octanol–water partition coefficient (Wildman–Crippen LogP) is 3.01. The lowest BCUT2D eigenvalue weighted by atomic mass is 9.85. The number of carbonyl (C=O) groups is 1. The van der Waals surface area contributed by atoms with Gasteiger partial charge in [-0.1, -0.05) is 18.5 Å². The molecule has 0 bridgehead atoms. The highest BCUT2D eigenvalue weighted by Crippen LogP contribution is 2.25. The van der Waals surface area contributed by atoms with Crippen molar-refractivity contribution in [3.63, 3.8) is 0 Å². The molecule has 2 heterocycles. The molecule has 1 aliphatic heterocycles. The minimum Gasteiger partial charge on any atom is -0.323 e. The number of rotatable bonds is 4. The van der Waals surface area contributed by atoms with Crippen LogP contribution in [0, 0.1) is 18.8 Å². The molecule has 0 aliphatic carbocycles. The van der Waals surface area contributed by atoms with Gasteiger partial charge in [0.25, 0.3) is 0 Å². The summed E-state index contributed by atoms with van der Waals surface area (Å²) in [5, 5.41) is 6.64. The Labute approximate surface area is 125 Å². The summed E-state index contributed by atoms with van der Waals surface area (Å²) < 4.78 is 0. The average molecular weight is 296 g/mol. The van der Waals surface area contributed by atoms with Gasteiger partial charge in [-0.3, -0.25) is 4.79 Å². The summed E-state index contributed by atoms with van der Waals surface area (Å²) in [6, 6.07) is 1.84. The molecule has 1 saturated heterocycles. The van der Waals surface area contributed by atoms with Gasteiger partial charge < -0.3 is 10.6 Å². The Morgan fingerprint density at radius 2 is 2.45 bits per heavy atom. The van der Waals surface area contributed by atoms with E-state index in [0.29, 0.717) is 29.1 Å². The summed E-state index contributed by atoms with van der Waals surface area (Å²) in [5.41, 5.74) is 1.57. The van der Waals surface area contributed by atoms with E-state index in [1.165, 1.54) is 12.8 Å². The van der Waals surface area contributed by atoms with Gasteiger partial charge in [0.05, 0.1) is 5.69 Å². The molecule has 2 unspecified atom stereocenters. The van der Waals surface area contributed by atoms with Crippen LogP contribution in [0.25, 0.3) is 0 Å². The van der Waals surface area contributed by atoms with Gasteiger partial charge in [-0.15, -0.1) is 0 Å². The van der Waals surface area contributed by atoms with Gasteiger partial charge in [0.15, 0.2) is 5.15 Å². The van der Waals surface area contributed by atoms with Gasteiger partial charge in [-0.25, -0.2) is 4.98 Å². The standard InChI is InChI=1S/C15H22ClN3O/c1-10-5-7-18-15(16)14(10)19-13(20)8-11(2)12-4-3-6-17-9-12/h5,7,11-12,17H,3-4,6,8-9H2,1-2H3,(H,19,20). The van der Waals surface area contributed by atoms with E-state index in [2.05, 4.69) is 22.5 Å². The van der Waals surface area contributed by atoms with Crippen LogP contribution in [0.5, 0.6) is 0 Å².